The molecule has 3 rings (SSSR count). The number of nitrogens with zero attached hydrogens (tertiary/aromatic N) is 2. The molecule has 0 aliphatic rings. The maximum atomic E-state index is 9.56. The van der Waals surface area contributed by atoms with E-state index in [2.05, 4.69) is 10.1 Å². The Morgan fingerprint density at radius 2 is 2.11 bits per heavy atom. The Morgan fingerprint density at radius 1 is 1.26 bits per heavy atom. The van der Waals surface area contributed by atoms with Crippen LogP contribution in [0.4, 0.5) is 5.69 Å². The molecule has 0 radical (unpaired) electrons. The van der Waals surface area contributed by atoms with E-state index in [4.69, 9.17) is 14.7 Å². The van der Waals surface area contributed by atoms with Gasteiger partial charge in [-0.2, -0.15) is 4.98 Å². The van der Waals surface area contributed by atoms with E-state index >= 15 is 0 Å². The van der Waals surface area contributed by atoms with Crippen molar-refractivity contribution >= 4 is 5.69 Å². The summed E-state index contributed by atoms with van der Waals surface area (Å²) >= 11 is 0. The second-order valence-corrected chi connectivity index (χ2v) is 4.13. The molecule has 0 saturated carbocycles. The third-order valence-electron chi connectivity index (χ3n) is 2.77. The first kappa shape index (κ1) is 11.3. The molecule has 0 unspecified atom stereocenters. The maximum absolute atomic E-state index is 9.56. The van der Waals surface area contributed by atoms with Crippen molar-refractivity contribution in [3.8, 4) is 28.8 Å². The zero-order valence-corrected chi connectivity index (χ0v) is 10.1. The number of nitrogens with two attached hydrogens (primary N) is 1. The van der Waals surface area contributed by atoms with E-state index in [1.807, 2.05) is 13.0 Å². The fourth-order valence-electron chi connectivity index (χ4n) is 1.71. The van der Waals surface area contributed by atoms with Gasteiger partial charge in [0.2, 0.25) is 5.82 Å². The lowest BCUT2D eigenvalue weighted by Gasteiger charge is -1.99. The van der Waals surface area contributed by atoms with Gasteiger partial charge in [0.15, 0.2) is 5.76 Å². The highest BCUT2D eigenvalue weighted by Gasteiger charge is 2.15. The quantitative estimate of drug-likeness (QED) is 0.540. The Bertz CT molecular complexity index is 730. The molecule has 1 aromatic carbocycles. The first-order valence-electron chi connectivity index (χ1n) is 5.62. The van der Waals surface area contributed by atoms with Gasteiger partial charge in [-0.25, -0.2) is 0 Å². The Balaban J connectivity index is 2.01. The van der Waals surface area contributed by atoms with Crippen molar-refractivity contribution in [1.82, 2.24) is 10.1 Å². The van der Waals surface area contributed by atoms with Crippen LogP contribution >= 0.6 is 0 Å². The molecule has 0 bridgehead atoms. The molecule has 3 aromatic rings. The highest BCUT2D eigenvalue weighted by Crippen LogP contribution is 2.29. The Hall–Kier alpha value is -2.76. The van der Waals surface area contributed by atoms with Crippen molar-refractivity contribution in [3.63, 3.8) is 0 Å². The van der Waals surface area contributed by atoms with Crippen LogP contribution in [0.3, 0.4) is 0 Å². The first-order chi connectivity index (χ1) is 9.15. The van der Waals surface area contributed by atoms with E-state index in [0.29, 0.717) is 28.7 Å². The van der Waals surface area contributed by atoms with E-state index in [1.165, 1.54) is 6.07 Å². The minimum absolute atomic E-state index is 0.0218. The maximum Gasteiger partial charge on any atom is 0.258 e. The van der Waals surface area contributed by atoms with Crippen LogP contribution in [-0.2, 0) is 0 Å². The van der Waals surface area contributed by atoms with Gasteiger partial charge in [-0.3, -0.25) is 0 Å². The largest absolute Gasteiger partial charge is 0.506 e. The van der Waals surface area contributed by atoms with Crippen LogP contribution in [0, 0.1) is 6.92 Å². The smallest absolute Gasteiger partial charge is 0.258 e. The third kappa shape index (κ3) is 1.93. The first-order valence-corrected chi connectivity index (χ1v) is 5.62. The van der Waals surface area contributed by atoms with E-state index in [1.54, 1.807) is 18.4 Å². The van der Waals surface area contributed by atoms with Crippen molar-refractivity contribution in [3.05, 3.63) is 36.1 Å². The summed E-state index contributed by atoms with van der Waals surface area (Å²) in [4.78, 5) is 4.23. The molecule has 96 valence electrons. The number of phenolic OH excluding ortho intramolecular Hbond substituents is 1. The van der Waals surface area contributed by atoms with Crippen LogP contribution in [0.1, 0.15) is 5.56 Å². The predicted molar refractivity (Wildman–Crippen MR) is 68.3 cm³/mol. The molecule has 0 spiro atoms. The van der Waals surface area contributed by atoms with Crippen LogP contribution < -0.4 is 5.73 Å². The zero-order chi connectivity index (χ0) is 13.4. The number of rotatable bonds is 2. The Morgan fingerprint density at radius 3 is 2.79 bits per heavy atom. The molecule has 2 aromatic heterocycles. The summed E-state index contributed by atoms with van der Waals surface area (Å²) in [6.07, 6.45) is 1.57. The van der Waals surface area contributed by atoms with Gasteiger partial charge in [0, 0.05) is 5.56 Å². The normalized spacial score (nSPS) is 10.8. The topological polar surface area (TPSA) is 98.3 Å². The van der Waals surface area contributed by atoms with Gasteiger partial charge in [0.25, 0.3) is 5.89 Å². The summed E-state index contributed by atoms with van der Waals surface area (Å²) < 4.78 is 10.4. The van der Waals surface area contributed by atoms with E-state index < -0.39 is 0 Å². The summed E-state index contributed by atoms with van der Waals surface area (Å²) in [5.74, 6) is 1.20. The highest BCUT2D eigenvalue weighted by molar-refractivity contribution is 5.65. The van der Waals surface area contributed by atoms with Gasteiger partial charge in [0.05, 0.1) is 12.0 Å². The molecule has 19 heavy (non-hydrogen) atoms. The predicted octanol–water partition coefficient (Wildman–Crippen LogP) is 2.59. The fourth-order valence-corrected chi connectivity index (χ4v) is 1.71. The van der Waals surface area contributed by atoms with E-state index in [9.17, 15) is 5.11 Å². The number of benzene rings is 1. The number of aromatic nitrogens is 2. The van der Waals surface area contributed by atoms with Crippen LogP contribution in [0.25, 0.3) is 23.0 Å². The third-order valence-corrected chi connectivity index (χ3v) is 2.77. The summed E-state index contributed by atoms with van der Waals surface area (Å²) in [6, 6.07) is 6.57. The van der Waals surface area contributed by atoms with Crippen molar-refractivity contribution in [2.24, 2.45) is 0 Å². The van der Waals surface area contributed by atoms with Gasteiger partial charge in [-0.1, -0.05) is 5.16 Å². The van der Waals surface area contributed by atoms with Crippen LogP contribution in [0.2, 0.25) is 0 Å². The fraction of sp³-hybridized carbons (Fsp3) is 0.0769. The Labute approximate surface area is 108 Å². The molecular weight excluding hydrogens is 246 g/mol. The summed E-state index contributed by atoms with van der Waals surface area (Å²) in [7, 11) is 0. The number of phenols is 1. The molecule has 6 heteroatoms. The average Bonchev–Trinajstić information content (AvgIpc) is 3.01. The molecule has 0 fully saturated rings. The molecular formula is C13H11N3O3. The summed E-state index contributed by atoms with van der Waals surface area (Å²) in [6.45, 7) is 1.89. The molecule has 0 atom stereocenters. The molecule has 0 amide bonds. The summed E-state index contributed by atoms with van der Waals surface area (Å²) in [5.41, 5.74) is 7.35. The monoisotopic (exact) mass is 257 g/mol. The second-order valence-electron chi connectivity index (χ2n) is 4.13. The highest BCUT2D eigenvalue weighted by atomic mass is 16.5. The average molecular weight is 257 g/mol. The van der Waals surface area contributed by atoms with Crippen molar-refractivity contribution in [1.29, 1.82) is 0 Å². The number of aryl methyl sites for hydroxylation is 1. The standard InChI is InChI=1S/C13H11N3O3/c1-7-4-5-18-11(7)12-15-13(19-16-12)8-2-3-9(14)10(17)6-8/h2-6,17H,14H2,1H3. The number of hydrogen-bond donors (Lipinski definition) is 2. The minimum atomic E-state index is -0.0218. The lowest BCUT2D eigenvalue weighted by molar-refractivity contribution is 0.428. The number of anilines is 1. The van der Waals surface area contributed by atoms with Crippen molar-refractivity contribution in [2.45, 2.75) is 6.92 Å². The van der Waals surface area contributed by atoms with Gasteiger partial charge in [-0.15, -0.1) is 0 Å². The van der Waals surface area contributed by atoms with Gasteiger partial charge >= 0.3 is 0 Å². The Kier molecular flexibility index (Phi) is 2.49. The molecule has 0 aliphatic heterocycles. The number of nitrogen functional groups attached to an aromatic ring is 1. The van der Waals surface area contributed by atoms with Crippen LogP contribution in [0.15, 0.2) is 39.5 Å². The van der Waals surface area contributed by atoms with Crippen molar-refractivity contribution < 1.29 is 14.0 Å². The molecule has 2 heterocycles. The minimum Gasteiger partial charge on any atom is -0.506 e. The molecule has 0 aliphatic carbocycles. The van der Waals surface area contributed by atoms with Crippen LogP contribution in [-0.4, -0.2) is 15.2 Å². The zero-order valence-electron chi connectivity index (χ0n) is 10.1. The van der Waals surface area contributed by atoms with Gasteiger partial charge < -0.3 is 19.8 Å². The van der Waals surface area contributed by atoms with Gasteiger partial charge in [0.1, 0.15) is 5.75 Å². The number of hydrogen-bond acceptors (Lipinski definition) is 6. The van der Waals surface area contributed by atoms with E-state index in [0.717, 1.165) is 5.56 Å². The summed E-state index contributed by atoms with van der Waals surface area (Å²) in [5, 5.41) is 13.4. The number of furan rings is 1. The second kappa shape index (κ2) is 4.16. The van der Waals surface area contributed by atoms with Crippen LogP contribution in [0.5, 0.6) is 5.75 Å². The van der Waals surface area contributed by atoms with E-state index in [-0.39, 0.29) is 5.75 Å². The molecule has 0 saturated heterocycles. The molecule has 6 nitrogen and oxygen atoms in total. The number of aromatic hydroxyl groups is 1. The van der Waals surface area contributed by atoms with Crippen molar-refractivity contribution in [2.75, 3.05) is 5.73 Å². The lowest BCUT2D eigenvalue weighted by Crippen LogP contribution is -1.86. The molecule has 3 N–H and O–H groups in total. The van der Waals surface area contributed by atoms with Gasteiger partial charge in [-0.05, 0) is 36.8 Å². The SMILES string of the molecule is Cc1ccoc1-c1noc(-c2ccc(N)c(O)c2)n1. The lowest BCUT2D eigenvalue weighted by atomic mass is 10.2.